The van der Waals surface area contributed by atoms with Gasteiger partial charge in [0.2, 0.25) is 0 Å². The summed E-state index contributed by atoms with van der Waals surface area (Å²) in [5.41, 5.74) is 2.14. The molecule has 2 aromatic rings. The molecule has 124 valence electrons. The highest BCUT2D eigenvalue weighted by atomic mass is 79.9. The Labute approximate surface area is 149 Å². The lowest BCUT2D eigenvalue weighted by Gasteiger charge is -2.14. The van der Waals surface area contributed by atoms with E-state index < -0.39 is 5.41 Å². The highest BCUT2D eigenvalue weighted by Gasteiger charge is 2.52. The van der Waals surface area contributed by atoms with Crippen LogP contribution in [0.4, 0.5) is 5.69 Å². The standard InChI is InChI=1S/C19H18BrNO3/c1-13-7-8-15(11-16(13)20)21-17(22)12-24-18(23)19(9-10-19)14-5-3-2-4-6-14/h2-8,11H,9-10,12H2,1H3,(H,21,22). The first-order valence-electron chi connectivity index (χ1n) is 7.80. The smallest absolute Gasteiger partial charge is 0.317 e. The molecular formula is C19H18BrNO3. The number of amides is 1. The minimum atomic E-state index is -0.561. The van der Waals surface area contributed by atoms with Crippen LogP contribution in [0, 0.1) is 6.92 Å². The third kappa shape index (κ3) is 3.51. The van der Waals surface area contributed by atoms with E-state index in [2.05, 4.69) is 21.2 Å². The summed E-state index contributed by atoms with van der Waals surface area (Å²) in [5, 5.41) is 2.73. The van der Waals surface area contributed by atoms with Crippen molar-refractivity contribution in [2.45, 2.75) is 25.2 Å². The zero-order valence-electron chi connectivity index (χ0n) is 13.3. The Hall–Kier alpha value is -2.14. The lowest BCUT2D eigenvalue weighted by atomic mass is 9.96. The van der Waals surface area contributed by atoms with Crippen LogP contribution in [0.5, 0.6) is 0 Å². The van der Waals surface area contributed by atoms with Gasteiger partial charge in [0.25, 0.3) is 5.91 Å². The van der Waals surface area contributed by atoms with Crippen molar-refractivity contribution >= 4 is 33.5 Å². The molecule has 1 fully saturated rings. The Bertz CT molecular complexity index is 769. The van der Waals surface area contributed by atoms with Crippen LogP contribution in [0.1, 0.15) is 24.0 Å². The molecule has 0 unspecified atom stereocenters. The van der Waals surface area contributed by atoms with Crippen molar-refractivity contribution in [3.63, 3.8) is 0 Å². The number of carbonyl (C=O) groups is 2. The number of carbonyl (C=O) groups excluding carboxylic acids is 2. The molecule has 5 heteroatoms. The minimum absolute atomic E-state index is 0.279. The Morgan fingerprint density at radius 2 is 1.88 bits per heavy atom. The summed E-state index contributed by atoms with van der Waals surface area (Å²) in [5.74, 6) is -0.670. The number of esters is 1. The first kappa shape index (κ1) is 16.7. The van der Waals surface area contributed by atoms with Gasteiger partial charge in [-0.1, -0.05) is 52.3 Å². The second kappa shape index (κ2) is 6.77. The lowest BCUT2D eigenvalue weighted by Crippen LogP contribution is -2.28. The van der Waals surface area contributed by atoms with E-state index in [0.29, 0.717) is 5.69 Å². The molecule has 1 aliphatic carbocycles. The highest BCUT2D eigenvalue weighted by molar-refractivity contribution is 9.10. The van der Waals surface area contributed by atoms with E-state index in [4.69, 9.17) is 4.74 Å². The van der Waals surface area contributed by atoms with Crippen molar-refractivity contribution in [3.8, 4) is 0 Å². The number of halogens is 1. The number of nitrogens with one attached hydrogen (secondary N) is 1. The fraction of sp³-hybridized carbons (Fsp3) is 0.263. The van der Waals surface area contributed by atoms with Gasteiger partial charge in [0.1, 0.15) is 0 Å². The molecule has 1 aliphatic rings. The monoisotopic (exact) mass is 387 g/mol. The Kier molecular flexibility index (Phi) is 4.71. The SMILES string of the molecule is Cc1ccc(NC(=O)COC(=O)C2(c3ccccc3)CC2)cc1Br. The molecule has 3 rings (SSSR count). The van der Waals surface area contributed by atoms with E-state index in [0.717, 1.165) is 28.4 Å². The van der Waals surface area contributed by atoms with Crippen molar-refractivity contribution in [1.29, 1.82) is 0 Å². The summed E-state index contributed by atoms with van der Waals surface area (Å²) in [7, 11) is 0. The normalized spacial score (nSPS) is 14.8. The van der Waals surface area contributed by atoms with Crippen LogP contribution in [0.15, 0.2) is 53.0 Å². The molecule has 0 heterocycles. The van der Waals surface area contributed by atoms with Crippen LogP contribution in [0.3, 0.4) is 0 Å². The topological polar surface area (TPSA) is 55.4 Å². The van der Waals surface area contributed by atoms with E-state index in [1.807, 2.05) is 55.5 Å². The van der Waals surface area contributed by atoms with Gasteiger partial charge in [0.05, 0.1) is 5.41 Å². The second-order valence-electron chi connectivity index (χ2n) is 6.04. The molecule has 1 amide bonds. The largest absolute Gasteiger partial charge is 0.455 e. The van der Waals surface area contributed by atoms with Gasteiger partial charge in [-0.05, 0) is 43.0 Å². The van der Waals surface area contributed by atoms with E-state index in [1.165, 1.54) is 0 Å². The van der Waals surface area contributed by atoms with E-state index in [1.54, 1.807) is 0 Å². The number of hydrogen-bond donors (Lipinski definition) is 1. The van der Waals surface area contributed by atoms with Gasteiger partial charge in [-0.3, -0.25) is 9.59 Å². The van der Waals surface area contributed by atoms with Crippen molar-refractivity contribution in [1.82, 2.24) is 0 Å². The van der Waals surface area contributed by atoms with Crippen LogP contribution in [0.2, 0.25) is 0 Å². The second-order valence-corrected chi connectivity index (χ2v) is 6.89. The summed E-state index contributed by atoms with van der Waals surface area (Å²) in [6, 6.07) is 15.1. The Morgan fingerprint density at radius 1 is 1.17 bits per heavy atom. The fourth-order valence-electron chi connectivity index (χ4n) is 2.63. The molecule has 0 bridgehead atoms. The molecule has 2 aromatic carbocycles. The fourth-order valence-corrected chi connectivity index (χ4v) is 3.01. The van der Waals surface area contributed by atoms with Crippen molar-refractivity contribution < 1.29 is 14.3 Å². The molecule has 0 radical (unpaired) electrons. The minimum Gasteiger partial charge on any atom is -0.455 e. The Balaban J connectivity index is 1.56. The van der Waals surface area contributed by atoms with Crippen molar-refractivity contribution in [2.75, 3.05) is 11.9 Å². The molecular weight excluding hydrogens is 370 g/mol. The summed E-state index contributed by atoms with van der Waals surface area (Å²) < 4.78 is 6.16. The number of anilines is 1. The number of rotatable bonds is 5. The molecule has 0 aliphatic heterocycles. The van der Waals surface area contributed by atoms with Crippen LogP contribution >= 0.6 is 15.9 Å². The maximum Gasteiger partial charge on any atom is 0.317 e. The average molecular weight is 388 g/mol. The number of aryl methyl sites for hydroxylation is 1. The number of hydrogen-bond acceptors (Lipinski definition) is 3. The van der Waals surface area contributed by atoms with Crippen LogP contribution in [-0.2, 0) is 19.7 Å². The summed E-state index contributed by atoms with van der Waals surface area (Å²) >= 11 is 3.42. The maximum absolute atomic E-state index is 12.4. The maximum atomic E-state index is 12.4. The van der Waals surface area contributed by atoms with Crippen LogP contribution < -0.4 is 5.32 Å². The van der Waals surface area contributed by atoms with Gasteiger partial charge in [-0.15, -0.1) is 0 Å². The van der Waals surface area contributed by atoms with Crippen LogP contribution in [0.25, 0.3) is 0 Å². The first-order valence-corrected chi connectivity index (χ1v) is 8.59. The van der Waals surface area contributed by atoms with E-state index in [-0.39, 0.29) is 18.5 Å². The van der Waals surface area contributed by atoms with Gasteiger partial charge in [0.15, 0.2) is 6.61 Å². The third-order valence-corrected chi connectivity index (χ3v) is 5.11. The molecule has 0 spiro atoms. The van der Waals surface area contributed by atoms with E-state index >= 15 is 0 Å². The van der Waals surface area contributed by atoms with Crippen LogP contribution in [-0.4, -0.2) is 18.5 Å². The zero-order valence-corrected chi connectivity index (χ0v) is 14.9. The molecule has 24 heavy (non-hydrogen) atoms. The lowest BCUT2D eigenvalue weighted by molar-refractivity contribution is -0.150. The number of ether oxygens (including phenoxy) is 1. The van der Waals surface area contributed by atoms with Gasteiger partial charge in [0, 0.05) is 10.2 Å². The summed E-state index contributed by atoms with van der Waals surface area (Å²) in [4.78, 5) is 24.4. The van der Waals surface area contributed by atoms with Gasteiger partial charge in [-0.2, -0.15) is 0 Å². The molecule has 0 saturated heterocycles. The average Bonchev–Trinajstić information content (AvgIpc) is 3.39. The predicted octanol–water partition coefficient (Wildman–Crippen LogP) is 3.97. The quantitative estimate of drug-likeness (QED) is 0.789. The first-order chi connectivity index (χ1) is 11.5. The zero-order chi connectivity index (χ0) is 17.2. The third-order valence-electron chi connectivity index (χ3n) is 4.26. The highest BCUT2D eigenvalue weighted by Crippen LogP contribution is 2.49. The van der Waals surface area contributed by atoms with Crippen molar-refractivity contribution in [3.05, 3.63) is 64.1 Å². The molecule has 1 N–H and O–H groups in total. The Morgan fingerprint density at radius 3 is 2.50 bits per heavy atom. The predicted molar refractivity (Wildman–Crippen MR) is 95.8 cm³/mol. The number of benzene rings is 2. The summed E-state index contributed by atoms with van der Waals surface area (Å²) in [6.45, 7) is 1.69. The molecule has 0 aromatic heterocycles. The molecule has 1 saturated carbocycles. The van der Waals surface area contributed by atoms with Gasteiger partial charge >= 0.3 is 5.97 Å². The summed E-state index contributed by atoms with van der Waals surface area (Å²) in [6.07, 6.45) is 1.53. The van der Waals surface area contributed by atoms with Crippen molar-refractivity contribution in [2.24, 2.45) is 0 Å². The van der Waals surface area contributed by atoms with E-state index in [9.17, 15) is 9.59 Å². The molecule has 4 nitrogen and oxygen atoms in total. The molecule has 0 atom stereocenters. The van der Waals surface area contributed by atoms with Gasteiger partial charge in [-0.25, -0.2) is 0 Å². The van der Waals surface area contributed by atoms with Gasteiger partial charge < -0.3 is 10.1 Å².